The summed E-state index contributed by atoms with van der Waals surface area (Å²) in [5.41, 5.74) is 5.55. The lowest BCUT2D eigenvalue weighted by Crippen LogP contribution is -2.59. The number of halogens is 2. The molecule has 3 amide bonds. The number of rotatable bonds is 10. The molecule has 7 nitrogen and oxygen atoms in total. The van der Waals surface area contributed by atoms with Crippen molar-refractivity contribution < 1.29 is 28.0 Å². The lowest BCUT2D eigenvalue weighted by Gasteiger charge is -2.33. The Labute approximate surface area is 175 Å². The first kappa shape index (κ1) is 25.4. The summed E-state index contributed by atoms with van der Waals surface area (Å²) in [7, 11) is 0. The first-order valence-electron chi connectivity index (χ1n) is 9.67. The van der Waals surface area contributed by atoms with Crippen molar-refractivity contribution in [1.29, 1.82) is 0 Å². The number of benzene rings is 1. The third-order valence-corrected chi connectivity index (χ3v) is 4.46. The van der Waals surface area contributed by atoms with Crippen molar-refractivity contribution in [2.75, 3.05) is 6.54 Å². The highest BCUT2D eigenvalue weighted by atomic mass is 19.3. The number of nitrogens with one attached hydrogen (secondary N) is 1. The molecule has 166 valence electrons. The fourth-order valence-electron chi connectivity index (χ4n) is 3.12. The number of Topliss-reactive ketones (excluding diaryl/α,β-unsaturated/α-hetero) is 1. The SMILES string of the molecule is CC(=O)N[C@@H](CC(C)C)C(=O)N(C(C)=O)C(Cc1ccccc1)C(=O)C(F)(F)CN. The van der Waals surface area contributed by atoms with Crippen LogP contribution in [0.4, 0.5) is 8.78 Å². The van der Waals surface area contributed by atoms with Gasteiger partial charge in [0.2, 0.25) is 17.6 Å². The Morgan fingerprint density at radius 3 is 2.10 bits per heavy atom. The molecule has 3 N–H and O–H groups in total. The van der Waals surface area contributed by atoms with Gasteiger partial charge in [-0.1, -0.05) is 44.2 Å². The number of ketones is 1. The van der Waals surface area contributed by atoms with E-state index in [1.54, 1.807) is 44.2 Å². The topological polar surface area (TPSA) is 110 Å². The molecule has 0 bridgehead atoms. The number of hydrogen-bond donors (Lipinski definition) is 2. The van der Waals surface area contributed by atoms with E-state index < -0.39 is 48.1 Å². The van der Waals surface area contributed by atoms with Crippen LogP contribution in [0.25, 0.3) is 0 Å². The maximum Gasteiger partial charge on any atom is 0.319 e. The number of imide groups is 1. The minimum atomic E-state index is -3.92. The van der Waals surface area contributed by atoms with Crippen molar-refractivity contribution in [3.63, 3.8) is 0 Å². The van der Waals surface area contributed by atoms with Crippen LogP contribution in [-0.2, 0) is 25.6 Å². The average molecular weight is 425 g/mol. The van der Waals surface area contributed by atoms with Gasteiger partial charge < -0.3 is 11.1 Å². The minimum Gasteiger partial charge on any atom is -0.345 e. The molecule has 1 aromatic carbocycles. The zero-order chi connectivity index (χ0) is 23.1. The molecular formula is C21H29F2N3O4. The molecule has 0 aliphatic rings. The van der Waals surface area contributed by atoms with Gasteiger partial charge in [-0.25, -0.2) is 0 Å². The molecule has 0 saturated heterocycles. The predicted molar refractivity (Wildman–Crippen MR) is 108 cm³/mol. The largest absolute Gasteiger partial charge is 0.345 e. The van der Waals surface area contributed by atoms with Gasteiger partial charge in [0.05, 0.1) is 6.54 Å². The molecule has 0 aromatic heterocycles. The molecule has 0 aliphatic carbocycles. The van der Waals surface area contributed by atoms with Gasteiger partial charge in [0.15, 0.2) is 0 Å². The van der Waals surface area contributed by atoms with Crippen LogP contribution in [0.3, 0.4) is 0 Å². The Morgan fingerprint density at radius 2 is 1.67 bits per heavy atom. The van der Waals surface area contributed by atoms with Gasteiger partial charge in [-0.2, -0.15) is 8.78 Å². The molecular weight excluding hydrogens is 396 g/mol. The highest BCUT2D eigenvalue weighted by molar-refractivity contribution is 6.04. The Morgan fingerprint density at radius 1 is 1.10 bits per heavy atom. The van der Waals surface area contributed by atoms with Crippen molar-refractivity contribution in [2.45, 2.75) is 58.5 Å². The van der Waals surface area contributed by atoms with Gasteiger partial charge in [0.25, 0.3) is 5.91 Å². The summed E-state index contributed by atoms with van der Waals surface area (Å²) < 4.78 is 28.4. The average Bonchev–Trinajstić information content (AvgIpc) is 2.66. The van der Waals surface area contributed by atoms with E-state index in [0.717, 1.165) is 6.92 Å². The zero-order valence-corrected chi connectivity index (χ0v) is 17.7. The lowest BCUT2D eigenvalue weighted by molar-refractivity contribution is -0.159. The number of carbonyl (C=O) groups is 4. The van der Waals surface area contributed by atoms with Crippen molar-refractivity contribution >= 4 is 23.5 Å². The van der Waals surface area contributed by atoms with E-state index in [4.69, 9.17) is 5.73 Å². The minimum absolute atomic E-state index is 0.0478. The van der Waals surface area contributed by atoms with Gasteiger partial charge in [-0.15, -0.1) is 0 Å². The van der Waals surface area contributed by atoms with Crippen LogP contribution in [0.1, 0.15) is 39.7 Å². The summed E-state index contributed by atoms with van der Waals surface area (Å²) >= 11 is 0. The monoisotopic (exact) mass is 425 g/mol. The molecule has 0 saturated carbocycles. The highest BCUT2D eigenvalue weighted by Gasteiger charge is 2.47. The fourth-order valence-corrected chi connectivity index (χ4v) is 3.12. The normalized spacial score (nSPS) is 13.5. The quantitative estimate of drug-likeness (QED) is 0.593. The Bertz CT molecular complexity index is 769. The first-order valence-corrected chi connectivity index (χ1v) is 9.67. The Kier molecular flexibility index (Phi) is 9.22. The van der Waals surface area contributed by atoms with E-state index >= 15 is 0 Å². The van der Waals surface area contributed by atoms with Crippen LogP contribution in [0, 0.1) is 5.92 Å². The molecule has 30 heavy (non-hydrogen) atoms. The number of nitrogens with two attached hydrogens (primary N) is 1. The lowest BCUT2D eigenvalue weighted by atomic mass is 9.95. The second-order valence-electron chi connectivity index (χ2n) is 7.59. The molecule has 9 heteroatoms. The summed E-state index contributed by atoms with van der Waals surface area (Å²) in [6.45, 7) is 4.57. The van der Waals surface area contributed by atoms with Gasteiger partial charge >= 0.3 is 5.92 Å². The molecule has 0 aliphatic heterocycles. The highest BCUT2D eigenvalue weighted by Crippen LogP contribution is 2.23. The number of nitrogens with zero attached hydrogens (tertiary/aromatic N) is 1. The third kappa shape index (κ3) is 6.98. The van der Waals surface area contributed by atoms with E-state index in [9.17, 15) is 28.0 Å². The predicted octanol–water partition coefficient (Wildman–Crippen LogP) is 1.69. The van der Waals surface area contributed by atoms with Gasteiger partial charge in [0, 0.05) is 20.3 Å². The number of carbonyl (C=O) groups excluding carboxylic acids is 4. The van der Waals surface area contributed by atoms with Crippen molar-refractivity contribution in [2.24, 2.45) is 11.7 Å². The smallest absolute Gasteiger partial charge is 0.319 e. The van der Waals surface area contributed by atoms with Crippen molar-refractivity contribution in [3.05, 3.63) is 35.9 Å². The standard InChI is InChI=1S/C21H29F2N3O4/c1-13(2)10-17(25-14(3)27)20(30)26(15(4)28)18(19(29)21(22,23)12-24)11-16-8-6-5-7-9-16/h5-9,13,17-18H,10-12,24H2,1-4H3,(H,25,27)/t17-,18?/m0/s1. The van der Waals surface area contributed by atoms with E-state index in [-0.39, 0.29) is 18.8 Å². The van der Waals surface area contributed by atoms with E-state index in [0.29, 0.717) is 10.5 Å². The van der Waals surface area contributed by atoms with Crippen molar-refractivity contribution in [3.8, 4) is 0 Å². The molecule has 1 rings (SSSR count). The van der Waals surface area contributed by atoms with Crippen LogP contribution in [0.15, 0.2) is 30.3 Å². The third-order valence-electron chi connectivity index (χ3n) is 4.46. The molecule has 0 fully saturated rings. The molecule has 2 atom stereocenters. The van der Waals surface area contributed by atoms with Crippen molar-refractivity contribution in [1.82, 2.24) is 10.2 Å². The van der Waals surface area contributed by atoms with Gasteiger partial charge in [-0.3, -0.25) is 24.1 Å². The number of alkyl halides is 2. The molecule has 0 radical (unpaired) electrons. The van der Waals surface area contributed by atoms with Gasteiger partial charge in [0.1, 0.15) is 12.1 Å². The second kappa shape index (κ2) is 10.9. The first-order chi connectivity index (χ1) is 13.9. The molecule has 0 heterocycles. The van der Waals surface area contributed by atoms with Crippen LogP contribution < -0.4 is 11.1 Å². The maximum absolute atomic E-state index is 14.2. The Balaban J connectivity index is 3.44. The van der Waals surface area contributed by atoms with Crippen LogP contribution in [0.2, 0.25) is 0 Å². The summed E-state index contributed by atoms with van der Waals surface area (Å²) in [5, 5.41) is 2.45. The summed E-state index contributed by atoms with van der Waals surface area (Å²) in [6, 6.07) is 5.31. The van der Waals surface area contributed by atoms with E-state index in [2.05, 4.69) is 5.32 Å². The number of hydrogen-bond acceptors (Lipinski definition) is 5. The fraction of sp³-hybridized carbons (Fsp3) is 0.524. The van der Waals surface area contributed by atoms with Crippen LogP contribution in [0.5, 0.6) is 0 Å². The van der Waals surface area contributed by atoms with E-state index in [1.807, 2.05) is 0 Å². The summed E-state index contributed by atoms with van der Waals surface area (Å²) in [4.78, 5) is 50.3. The van der Waals surface area contributed by atoms with Crippen LogP contribution >= 0.6 is 0 Å². The molecule has 1 unspecified atom stereocenters. The summed E-state index contributed by atoms with van der Waals surface area (Å²) in [5.74, 6) is -7.89. The second-order valence-corrected chi connectivity index (χ2v) is 7.59. The maximum atomic E-state index is 14.2. The van der Waals surface area contributed by atoms with E-state index in [1.165, 1.54) is 6.92 Å². The molecule has 0 spiro atoms. The summed E-state index contributed by atoms with van der Waals surface area (Å²) in [6.07, 6.45) is -0.128. The Hall–Kier alpha value is -2.68. The molecule has 1 aromatic rings. The van der Waals surface area contributed by atoms with Crippen LogP contribution in [-0.4, -0.2) is 53.0 Å². The number of amides is 3. The zero-order valence-electron chi connectivity index (χ0n) is 17.7. The van der Waals surface area contributed by atoms with Gasteiger partial charge in [-0.05, 0) is 17.9 Å².